The average Bonchev–Trinajstić information content (AvgIpc) is 2.60. The first-order valence-corrected chi connectivity index (χ1v) is 9.27. The van der Waals surface area contributed by atoms with Crippen LogP contribution in [0.5, 0.6) is 0 Å². The highest BCUT2D eigenvalue weighted by atomic mass is 127. The summed E-state index contributed by atoms with van der Waals surface area (Å²) in [7, 11) is 0. The number of rotatable bonds is 6. The number of ether oxygens (including phenoxy) is 1. The Morgan fingerprint density at radius 1 is 1.20 bits per heavy atom. The number of aliphatic imine (C=N–C) groups is 1. The predicted molar refractivity (Wildman–Crippen MR) is 117 cm³/mol. The van der Waals surface area contributed by atoms with Gasteiger partial charge in [-0.3, -0.25) is 4.99 Å². The minimum absolute atomic E-state index is 0. The number of nitrogens with zero attached hydrogens (tertiary/aromatic N) is 2. The van der Waals surface area contributed by atoms with Crippen LogP contribution in [0.25, 0.3) is 0 Å². The van der Waals surface area contributed by atoms with E-state index in [1.807, 2.05) is 0 Å². The summed E-state index contributed by atoms with van der Waals surface area (Å²) in [5.41, 5.74) is 1.37. The van der Waals surface area contributed by atoms with Crippen molar-refractivity contribution >= 4 is 29.9 Å². The molecule has 25 heavy (non-hydrogen) atoms. The molecule has 142 valence electrons. The van der Waals surface area contributed by atoms with Gasteiger partial charge in [0.1, 0.15) is 0 Å². The average molecular weight is 459 g/mol. The molecular weight excluding hydrogens is 425 g/mol. The second-order valence-corrected chi connectivity index (χ2v) is 7.06. The number of nitrogens with one attached hydrogen (secondary N) is 1. The third kappa shape index (κ3) is 6.77. The van der Waals surface area contributed by atoms with Gasteiger partial charge in [-0.25, -0.2) is 0 Å². The van der Waals surface area contributed by atoms with E-state index in [2.05, 4.69) is 68.2 Å². The summed E-state index contributed by atoms with van der Waals surface area (Å²) in [6.45, 7) is 13.2. The number of guanidine groups is 1. The number of hydrogen-bond donors (Lipinski definition) is 1. The van der Waals surface area contributed by atoms with E-state index in [1.165, 1.54) is 5.56 Å². The van der Waals surface area contributed by atoms with Crippen molar-refractivity contribution in [3.63, 3.8) is 0 Å². The Kier molecular flexibility index (Phi) is 9.79. The lowest BCUT2D eigenvalue weighted by atomic mass is 9.85. The summed E-state index contributed by atoms with van der Waals surface area (Å²) in [6, 6.07) is 10.6. The molecule has 1 saturated heterocycles. The van der Waals surface area contributed by atoms with Crippen molar-refractivity contribution in [2.45, 2.75) is 52.1 Å². The number of benzene rings is 1. The Labute approximate surface area is 170 Å². The maximum absolute atomic E-state index is 5.76. The quantitative estimate of drug-likeness (QED) is 0.396. The zero-order chi connectivity index (χ0) is 17.4. The van der Waals surface area contributed by atoms with Crippen LogP contribution in [0, 0.1) is 0 Å². The molecule has 5 heteroatoms. The van der Waals surface area contributed by atoms with E-state index < -0.39 is 0 Å². The van der Waals surface area contributed by atoms with Gasteiger partial charge in [0.05, 0.1) is 12.6 Å². The molecule has 0 aliphatic carbocycles. The van der Waals surface area contributed by atoms with Crippen LogP contribution in [0.3, 0.4) is 0 Å². The van der Waals surface area contributed by atoms with Crippen molar-refractivity contribution in [2.75, 3.05) is 32.8 Å². The van der Waals surface area contributed by atoms with Gasteiger partial charge in [-0.1, -0.05) is 44.2 Å². The minimum atomic E-state index is 0. The van der Waals surface area contributed by atoms with Crippen LogP contribution >= 0.6 is 24.0 Å². The summed E-state index contributed by atoms with van der Waals surface area (Å²) in [4.78, 5) is 7.32. The molecule has 1 aromatic carbocycles. The van der Waals surface area contributed by atoms with Crippen molar-refractivity contribution in [2.24, 2.45) is 4.99 Å². The summed E-state index contributed by atoms with van der Waals surface area (Å²) in [5.74, 6) is 1.04. The zero-order valence-corrected chi connectivity index (χ0v) is 18.5. The van der Waals surface area contributed by atoms with Gasteiger partial charge >= 0.3 is 0 Å². The molecule has 0 radical (unpaired) electrons. The van der Waals surface area contributed by atoms with Gasteiger partial charge in [-0.15, -0.1) is 24.0 Å². The Hall–Kier alpha value is -0.820. The van der Waals surface area contributed by atoms with Gasteiger partial charge in [0.25, 0.3) is 0 Å². The smallest absolute Gasteiger partial charge is 0.193 e. The standard InChI is InChI=1S/C20H33N3O.HI/c1-5-21-19(23-14-12-18(13-15-23)24-6-2)22-16-20(3,4)17-10-8-7-9-11-17;/h7-11,18H,5-6,12-16H2,1-4H3,(H,21,22);1H. The fraction of sp³-hybridized carbons (Fsp3) is 0.650. The Morgan fingerprint density at radius 2 is 1.84 bits per heavy atom. The van der Waals surface area contributed by atoms with Crippen LogP contribution in [0.4, 0.5) is 0 Å². The first-order valence-electron chi connectivity index (χ1n) is 9.27. The molecule has 1 heterocycles. The van der Waals surface area contributed by atoms with Gasteiger partial charge in [0, 0.05) is 31.7 Å². The maximum Gasteiger partial charge on any atom is 0.193 e. The Balaban J connectivity index is 0.00000312. The summed E-state index contributed by atoms with van der Waals surface area (Å²) in [5, 5.41) is 3.46. The molecule has 1 aliphatic heterocycles. The third-order valence-electron chi connectivity index (χ3n) is 4.66. The lowest BCUT2D eigenvalue weighted by Crippen LogP contribution is -2.47. The van der Waals surface area contributed by atoms with E-state index in [1.54, 1.807) is 0 Å². The monoisotopic (exact) mass is 459 g/mol. The van der Waals surface area contributed by atoms with Gasteiger partial charge < -0.3 is 15.0 Å². The molecule has 1 aromatic rings. The second kappa shape index (κ2) is 11.0. The van der Waals surface area contributed by atoms with Gasteiger partial charge in [0.2, 0.25) is 0 Å². The molecule has 1 fully saturated rings. The molecule has 4 nitrogen and oxygen atoms in total. The molecular formula is C20H34IN3O. The lowest BCUT2D eigenvalue weighted by Gasteiger charge is -2.34. The molecule has 1 aliphatic rings. The number of hydrogen-bond acceptors (Lipinski definition) is 2. The van der Waals surface area contributed by atoms with Gasteiger partial charge in [-0.05, 0) is 32.3 Å². The van der Waals surface area contributed by atoms with E-state index in [9.17, 15) is 0 Å². The van der Waals surface area contributed by atoms with Crippen LogP contribution in [0.1, 0.15) is 46.1 Å². The van der Waals surface area contributed by atoms with E-state index in [0.717, 1.165) is 51.6 Å². The predicted octanol–water partition coefficient (Wildman–Crippen LogP) is 4.05. The van der Waals surface area contributed by atoms with Crippen molar-refractivity contribution in [3.8, 4) is 0 Å². The van der Waals surface area contributed by atoms with Crippen LogP contribution in [0.2, 0.25) is 0 Å². The van der Waals surface area contributed by atoms with E-state index in [0.29, 0.717) is 6.10 Å². The third-order valence-corrected chi connectivity index (χ3v) is 4.66. The maximum atomic E-state index is 5.76. The summed E-state index contributed by atoms with van der Waals surface area (Å²) in [6.07, 6.45) is 2.58. The molecule has 0 saturated carbocycles. The minimum Gasteiger partial charge on any atom is -0.378 e. The topological polar surface area (TPSA) is 36.9 Å². The van der Waals surface area contributed by atoms with E-state index in [4.69, 9.17) is 9.73 Å². The van der Waals surface area contributed by atoms with Crippen LogP contribution in [-0.4, -0.2) is 49.7 Å². The molecule has 0 aromatic heterocycles. The SMILES string of the molecule is CCNC(=NCC(C)(C)c1ccccc1)N1CCC(OCC)CC1.I. The fourth-order valence-corrected chi connectivity index (χ4v) is 3.15. The molecule has 0 amide bonds. The first-order chi connectivity index (χ1) is 11.6. The number of halogens is 1. The van der Waals surface area contributed by atoms with Crippen LogP contribution < -0.4 is 5.32 Å². The van der Waals surface area contributed by atoms with Crippen molar-refractivity contribution < 1.29 is 4.74 Å². The molecule has 1 N–H and O–H groups in total. The van der Waals surface area contributed by atoms with Crippen molar-refractivity contribution in [1.82, 2.24) is 10.2 Å². The van der Waals surface area contributed by atoms with Crippen molar-refractivity contribution in [3.05, 3.63) is 35.9 Å². The van der Waals surface area contributed by atoms with Gasteiger partial charge in [-0.2, -0.15) is 0 Å². The highest BCUT2D eigenvalue weighted by Crippen LogP contribution is 2.23. The van der Waals surface area contributed by atoms with Crippen LogP contribution in [0.15, 0.2) is 35.3 Å². The Morgan fingerprint density at radius 3 is 2.40 bits per heavy atom. The molecule has 0 unspecified atom stereocenters. The van der Waals surface area contributed by atoms with Crippen molar-refractivity contribution in [1.29, 1.82) is 0 Å². The molecule has 0 bridgehead atoms. The van der Waals surface area contributed by atoms with E-state index >= 15 is 0 Å². The normalized spacial score (nSPS) is 16.5. The second-order valence-electron chi connectivity index (χ2n) is 7.06. The molecule has 0 spiro atoms. The molecule has 2 rings (SSSR count). The highest BCUT2D eigenvalue weighted by molar-refractivity contribution is 14.0. The fourth-order valence-electron chi connectivity index (χ4n) is 3.15. The number of piperidine rings is 1. The molecule has 0 atom stereocenters. The van der Waals surface area contributed by atoms with Crippen LogP contribution in [-0.2, 0) is 10.2 Å². The zero-order valence-electron chi connectivity index (χ0n) is 16.1. The number of likely N-dealkylation sites (tertiary alicyclic amines) is 1. The first kappa shape index (κ1) is 22.2. The summed E-state index contributed by atoms with van der Waals surface area (Å²) >= 11 is 0. The lowest BCUT2D eigenvalue weighted by molar-refractivity contribution is 0.0263. The summed E-state index contributed by atoms with van der Waals surface area (Å²) < 4.78 is 5.76. The van der Waals surface area contributed by atoms with E-state index in [-0.39, 0.29) is 29.4 Å². The highest BCUT2D eigenvalue weighted by Gasteiger charge is 2.24. The Bertz CT molecular complexity index is 511. The largest absolute Gasteiger partial charge is 0.378 e. The van der Waals surface area contributed by atoms with Gasteiger partial charge in [0.15, 0.2) is 5.96 Å².